The number of fused-ring (bicyclic) bond motifs is 1. The number of ether oxygens (including phenoxy) is 1. The first-order chi connectivity index (χ1) is 11.1. The number of carbonyl (C=O) groups excluding carboxylic acids is 1. The molecule has 3 rings (SSSR count). The molecule has 1 N–H and O–H groups in total. The number of methoxy groups -OCH3 is 1. The summed E-state index contributed by atoms with van der Waals surface area (Å²) in [6.45, 7) is 1.91. The third-order valence-corrected chi connectivity index (χ3v) is 4.09. The molecule has 1 amide bonds. The molecule has 1 heterocycles. The molecule has 23 heavy (non-hydrogen) atoms. The maximum absolute atomic E-state index is 12.5. The van der Waals surface area contributed by atoms with Crippen LogP contribution >= 0.6 is 11.6 Å². The predicted octanol–water partition coefficient (Wildman–Crippen LogP) is 4.46. The zero-order valence-corrected chi connectivity index (χ0v) is 13.5. The van der Waals surface area contributed by atoms with Gasteiger partial charge in [-0.2, -0.15) is 0 Å². The molecule has 0 fully saturated rings. The molecule has 0 aliphatic rings. The van der Waals surface area contributed by atoms with E-state index < -0.39 is 0 Å². The molecule has 5 heteroatoms. The van der Waals surface area contributed by atoms with Crippen molar-refractivity contribution in [2.24, 2.45) is 0 Å². The maximum Gasteiger partial charge on any atom is 0.255 e. The van der Waals surface area contributed by atoms with Crippen molar-refractivity contribution in [3.05, 3.63) is 64.8 Å². The van der Waals surface area contributed by atoms with Crippen molar-refractivity contribution < 1.29 is 9.53 Å². The fourth-order valence-electron chi connectivity index (χ4n) is 2.40. The van der Waals surface area contributed by atoms with E-state index in [-0.39, 0.29) is 5.91 Å². The smallest absolute Gasteiger partial charge is 0.255 e. The highest BCUT2D eigenvalue weighted by Crippen LogP contribution is 2.29. The number of carbonyl (C=O) groups is 1. The summed E-state index contributed by atoms with van der Waals surface area (Å²) >= 11 is 6.13. The lowest BCUT2D eigenvalue weighted by atomic mass is 10.1. The lowest BCUT2D eigenvalue weighted by Crippen LogP contribution is -2.12. The van der Waals surface area contributed by atoms with E-state index in [1.165, 1.54) is 0 Å². The Bertz CT molecular complexity index is 893. The van der Waals surface area contributed by atoms with Crippen LogP contribution in [-0.2, 0) is 0 Å². The number of benzene rings is 2. The Balaban J connectivity index is 1.98. The highest BCUT2D eigenvalue weighted by atomic mass is 35.5. The molecule has 1 aromatic heterocycles. The summed E-state index contributed by atoms with van der Waals surface area (Å²) in [4.78, 5) is 16.8. The third kappa shape index (κ3) is 2.98. The molecule has 0 bridgehead atoms. The lowest BCUT2D eigenvalue weighted by Gasteiger charge is -2.11. The van der Waals surface area contributed by atoms with Gasteiger partial charge in [-0.25, -0.2) is 0 Å². The van der Waals surface area contributed by atoms with Gasteiger partial charge in [-0.05, 0) is 48.9 Å². The summed E-state index contributed by atoms with van der Waals surface area (Å²) in [5, 5.41) is 4.43. The van der Waals surface area contributed by atoms with Gasteiger partial charge in [-0.15, -0.1) is 0 Å². The van der Waals surface area contributed by atoms with Gasteiger partial charge < -0.3 is 10.1 Å². The fraction of sp³-hybridized carbons (Fsp3) is 0.111. The van der Waals surface area contributed by atoms with Crippen LogP contribution in [0.5, 0.6) is 5.75 Å². The maximum atomic E-state index is 12.5. The molecular formula is C18H15ClN2O2. The zero-order chi connectivity index (χ0) is 16.4. The van der Waals surface area contributed by atoms with Crippen molar-refractivity contribution in [3.63, 3.8) is 0 Å². The number of aryl methyl sites for hydroxylation is 1. The molecule has 4 nitrogen and oxygen atoms in total. The highest BCUT2D eigenvalue weighted by molar-refractivity contribution is 6.32. The monoisotopic (exact) mass is 326 g/mol. The number of amides is 1. The van der Waals surface area contributed by atoms with E-state index in [0.29, 0.717) is 22.0 Å². The summed E-state index contributed by atoms with van der Waals surface area (Å²) in [6, 6.07) is 12.4. The second-order valence-corrected chi connectivity index (χ2v) is 5.52. The first-order valence-electron chi connectivity index (χ1n) is 7.09. The number of halogens is 1. The van der Waals surface area contributed by atoms with Crippen LogP contribution in [0, 0.1) is 6.92 Å². The molecule has 3 aromatic rings. The summed E-state index contributed by atoms with van der Waals surface area (Å²) < 4.78 is 5.15. The molecule has 2 aromatic carbocycles. The van der Waals surface area contributed by atoms with Crippen molar-refractivity contribution in [2.45, 2.75) is 6.92 Å². The molecule has 0 aliphatic heterocycles. The SMILES string of the molecule is COc1cccc(C(=O)Nc2ccnc3c(C)c(Cl)ccc23)c1. The van der Waals surface area contributed by atoms with Crippen LogP contribution in [0.15, 0.2) is 48.7 Å². The Morgan fingerprint density at radius 1 is 1.22 bits per heavy atom. The minimum Gasteiger partial charge on any atom is -0.497 e. The second-order valence-electron chi connectivity index (χ2n) is 5.11. The number of nitrogens with zero attached hydrogens (tertiary/aromatic N) is 1. The van der Waals surface area contributed by atoms with Crippen LogP contribution in [0.25, 0.3) is 10.9 Å². The Morgan fingerprint density at radius 2 is 2.04 bits per heavy atom. The van der Waals surface area contributed by atoms with Crippen LogP contribution in [0.3, 0.4) is 0 Å². The molecular weight excluding hydrogens is 312 g/mol. The molecule has 0 saturated carbocycles. The van der Waals surface area contributed by atoms with Crippen molar-refractivity contribution in [3.8, 4) is 5.75 Å². The zero-order valence-electron chi connectivity index (χ0n) is 12.8. The van der Waals surface area contributed by atoms with E-state index in [1.54, 1.807) is 43.6 Å². The quantitative estimate of drug-likeness (QED) is 0.773. The predicted molar refractivity (Wildman–Crippen MR) is 92.4 cm³/mol. The van der Waals surface area contributed by atoms with Crippen LogP contribution in [-0.4, -0.2) is 18.0 Å². The lowest BCUT2D eigenvalue weighted by molar-refractivity contribution is 0.102. The third-order valence-electron chi connectivity index (χ3n) is 3.68. The van der Waals surface area contributed by atoms with E-state index in [2.05, 4.69) is 10.3 Å². The van der Waals surface area contributed by atoms with E-state index in [9.17, 15) is 4.79 Å². The fourth-order valence-corrected chi connectivity index (χ4v) is 2.56. The number of aromatic nitrogens is 1. The number of hydrogen-bond donors (Lipinski definition) is 1. The molecule has 0 radical (unpaired) electrons. The van der Waals surface area contributed by atoms with Gasteiger partial charge >= 0.3 is 0 Å². The molecule has 0 saturated heterocycles. The molecule has 0 unspecified atom stereocenters. The van der Waals surface area contributed by atoms with Gasteiger partial charge in [-0.1, -0.05) is 17.7 Å². The Labute approximate surface area is 139 Å². The van der Waals surface area contributed by atoms with Crippen molar-refractivity contribution in [2.75, 3.05) is 12.4 Å². The van der Waals surface area contributed by atoms with E-state index in [0.717, 1.165) is 16.5 Å². The van der Waals surface area contributed by atoms with Gasteiger partial charge in [0.05, 0.1) is 18.3 Å². The van der Waals surface area contributed by atoms with Crippen LogP contribution in [0.4, 0.5) is 5.69 Å². The normalized spacial score (nSPS) is 10.6. The summed E-state index contributed by atoms with van der Waals surface area (Å²) in [5.74, 6) is 0.434. The van der Waals surface area contributed by atoms with E-state index >= 15 is 0 Å². The number of anilines is 1. The largest absolute Gasteiger partial charge is 0.497 e. The second kappa shape index (κ2) is 6.26. The average molecular weight is 327 g/mol. The Hall–Kier alpha value is -2.59. The highest BCUT2D eigenvalue weighted by Gasteiger charge is 2.11. The van der Waals surface area contributed by atoms with Crippen LogP contribution < -0.4 is 10.1 Å². The van der Waals surface area contributed by atoms with Gasteiger partial charge in [0.25, 0.3) is 5.91 Å². The van der Waals surface area contributed by atoms with Gasteiger partial charge in [0.2, 0.25) is 0 Å². The Kier molecular flexibility index (Phi) is 4.17. The minimum atomic E-state index is -0.205. The number of nitrogens with one attached hydrogen (secondary N) is 1. The topological polar surface area (TPSA) is 51.2 Å². The number of rotatable bonds is 3. The van der Waals surface area contributed by atoms with Gasteiger partial charge in [0, 0.05) is 22.2 Å². The molecule has 0 aliphatic carbocycles. The molecule has 116 valence electrons. The standard InChI is InChI=1S/C18H15ClN2O2/c1-11-15(19)7-6-14-16(8-9-20-17(11)14)21-18(22)12-4-3-5-13(10-12)23-2/h3-10H,1-2H3,(H,20,21,22). The van der Waals surface area contributed by atoms with Crippen molar-refractivity contribution in [1.29, 1.82) is 0 Å². The summed E-state index contributed by atoms with van der Waals surface area (Å²) in [5.41, 5.74) is 2.89. The number of pyridine rings is 1. The number of hydrogen-bond acceptors (Lipinski definition) is 3. The van der Waals surface area contributed by atoms with E-state index in [4.69, 9.17) is 16.3 Å². The Morgan fingerprint density at radius 3 is 2.83 bits per heavy atom. The van der Waals surface area contributed by atoms with Crippen molar-refractivity contribution in [1.82, 2.24) is 4.98 Å². The molecule has 0 spiro atoms. The first-order valence-corrected chi connectivity index (χ1v) is 7.47. The summed E-state index contributed by atoms with van der Waals surface area (Å²) in [7, 11) is 1.57. The average Bonchev–Trinajstić information content (AvgIpc) is 2.58. The molecule has 0 atom stereocenters. The van der Waals surface area contributed by atoms with Crippen LogP contribution in [0.1, 0.15) is 15.9 Å². The first kappa shape index (κ1) is 15.3. The van der Waals surface area contributed by atoms with Crippen molar-refractivity contribution >= 4 is 34.1 Å². The van der Waals surface area contributed by atoms with E-state index in [1.807, 2.05) is 19.1 Å². The summed E-state index contributed by atoms with van der Waals surface area (Å²) in [6.07, 6.45) is 1.66. The van der Waals surface area contributed by atoms with Gasteiger partial charge in [-0.3, -0.25) is 9.78 Å². The van der Waals surface area contributed by atoms with Crippen LogP contribution in [0.2, 0.25) is 5.02 Å². The van der Waals surface area contributed by atoms with Gasteiger partial charge in [0.15, 0.2) is 0 Å². The minimum absolute atomic E-state index is 0.205. The van der Waals surface area contributed by atoms with Gasteiger partial charge in [0.1, 0.15) is 5.75 Å².